The number of rotatable bonds is 7. The number of carbonyl (C=O) groups excluding carboxylic acids is 2. The van der Waals surface area contributed by atoms with E-state index in [4.69, 9.17) is 10.8 Å². The predicted octanol–water partition coefficient (Wildman–Crippen LogP) is 0.675. The lowest BCUT2D eigenvalue weighted by atomic mass is 10.0. The molecule has 1 atom stereocenters. The Bertz CT molecular complexity index is 500. The molecule has 1 aromatic rings. The van der Waals surface area contributed by atoms with Gasteiger partial charge in [0.15, 0.2) is 0 Å². The normalized spacial score (nSPS) is 16.8. The van der Waals surface area contributed by atoms with Crippen LogP contribution in [0.2, 0.25) is 0 Å². The van der Waals surface area contributed by atoms with Crippen LogP contribution in [0.15, 0.2) is 30.3 Å². The fourth-order valence-corrected chi connectivity index (χ4v) is 2.39. The largest absolute Gasteiger partial charge is 0.396 e. The molecule has 1 aromatic carbocycles. The van der Waals surface area contributed by atoms with Crippen LogP contribution in [0.3, 0.4) is 0 Å². The standard InChI is InChI=1S/C15H21N3O3/c16-14(21)18-12(11-4-2-1-3-5-11)13(20)17-10-15(6-7-15)8-9-19/h1-5,12,19H,6-10H2,(H,17,20)(H3,16,18,21). The number of aliphatic hydroxyl groups excluding tert-OH is 1. The molecule has 0 heterocycles. The molecule has 114 valence electrons. The second-order valence-electron chi connectivity index (χ2n) is 5.54. The summed E-state index contributed by atoms with van der Waals surface area (Å²) in [6.07, 6.45) is 2.70. The van der Waals surface area contributed by atoms with Gasteiger partial charge in [-0.05, 0) is 30.2 Å². The highest BCUT2D eigenvalue weighted by atomic mass is 16.3. The first kappa shape index (κ1) is 15.3. The smallest absolute Gasteiger partial charge is 0.313 e. The second kappa shape index (κ2) is 6.58. The van der Waals surface area contributed by atoms with E-state index in [1.807, 2.05) is 6.07 Å². The number of urea groups is 1. The van der Waals surface area contributed by atoms with Crippen LogP contribution < -0.4 is 16.4 Å². The highest BCUT2D eigenvalue weighted by molar-refractivity contribution is 5.87. The molecule has 2 rings (SSSR count). The lowest BCUT2D eigenvalue weighted by Gasteiger charge is -2.20. The molecular weight excluding hydrogens is 270 g/mol. The van der Waals surface area contributed by atoms with E-state index in [1.165, 1.54) is 0 Å². The van der Waals surface area contributed by atoms with Crippen LogP contribution in [0.5, 0.6) is 0 Å². The Morgan fingerprint density at radius 2 is 1.95 bits per heavy atom. The Morgan fingerprint density at radius 3 is 2.48 bits per heavy atom. The fraction of sp³-hybridized carbons (Fsp3) is 0.467. The molecule has 0 aromatic heterocycles. The Hall–Kier alpha value is -2.08. The predicted molar refractivity (Wildman–Crippen MR) is 78.3 cm³/mol. The third-order valence-electron chi connectivity index (χ3n) is 3.92. The zero-order valence-corrected chi connectivity index (χ0v) is 11.8. The lowest BCUT2D eigenvalue weighted by Crippen LogP contribution is -2.44. The van der Waals surface area contributed by atoms with Crippen molar-refractivity contribution in [1.29, 1.82) is 0 Å². The van der Waals surface area contributed by atoms with Crippen LogP contribution in [0.25, 0.3) is 0 Å². The number of nitrogens with two attached hydrogens (primary N) is 1. The molecule has 3 amide bonds. The van der Waals surface area contributed by atoms with Crippen LogP contribution >= 0.6 is 0 Å². The summed E-state index contributed by atoms with van der Waals surface area (Å²) >= 11 is 0. The fourth-order valence-electron chi connectivity index (χ4n) is 2.39. The van der Waals surface area contributed by atoms with Crippen LogP contribution in [-0.4, -0.2) is 30.2 Å². The Balaban J connectivity index is 2.00. The summed E-state index contributed by atoms with van der Waals surface area (Å²) in [7, 11) is 0. The van der Waals surface area contributed by atoms with Gasteiger partial charge in [-0.15, -0.1) is 0 Å². The van der Waals surface area contributed by atoms with Gasteiger partial charge < -0.3 is 21.5 Å². The number of nitrogens with one attached hydrogen (secondary N) is 2. The van der Waals surface area contributed by atoms with Gasteiger partial charge in [-0.3, -0.25) is 4.79 Å². The van der Waals surface area contributed by atoms with E-state index in [0.717, 1.165) is 12.8 Å². The van der Waals surface area contributed by atoms with Crippen molar-refractivity contribution in [2.24, 2.45) is 11.1 Å². The summed E-state index contributed by atoms with van der Waals surface area (Å²) < 4.78 is 0. The van der Waals surface area contributed by atoms with E-state index in [1.54, 1.807) is 24.3 Å². The summed E-state index contributed by atoms with van der Waals surface area (Å²) in [6.45, 7) is 0.633. The molecule has 0 aliphatic heterocycles. The molecular formula is C15H21N3O3. The van der Waals surface area contributed by atoms with E-state index < -0.39 is 12.1 Å². The topological polar surface area (TPSA) is 104 Å². The molecule has 1 unspecified atom stereocenters. The number of aliphatic hydroxyl groups is 1. The van der Waals surface area contributed by atoms with Crippen molar-refractivity contribution < 1.29 is 14.7 Å². The van der Waals surface area contributed by atoms with Gasteiger partial charge >= 0.3 is 6.03 Å². The summed E-state index contributed by atoms with van der Waals surface area (Å²) in [4.78, 5) is 23.4. The monoisotopic (exact) mass is 291 g/mol. The number of hydrogen-bond donors (Lipinski definition) is 4. The van der Waals surface area contributed by atoms with Gasteiger partial charge in [0.25, 0.3) is 0 Å². The first-order chi connectivity index (χ1) is 10.1. The van der Waals surface area contributed by atoms with Gasteiger partial charge in [0.1, 0.15) is 6.04 Å². The molecule has 1 fully saturated rings. The van der Waals surface area contributed by atoms with Crippen molar-refractivity contribution >= 4 is 11.9 Å². The van der Waals surface area contributed by atoms with Crippen molar-refractivity contribution in [3.05, 3.63) is 35.9 Å². The molecule has 0 bridgehead atoms. The van der Waals surface area contributed by atoms with Crippen molar-refractivity contribution in [2.75, 3.05) is 13.2 Å². The summed E-state index contributed by atoms with van der Waals surface area (Å²) in [5, 5.41) is 14.3. The maximum Gasteiger partial charge on any atom is 0.313 e. The van der Waals surface area contributed by atoms with E-state index in [2.05, 4.69) is 10.6 Å². The van der Waals surface area contributed by atoms with Crippen molar-refractivity contribution in [3.63, 3.8) is 0 Å². The minimum Gasteiger partial charge on any atom is -0.396 e. The number of amides is 3. The third-order valence-corrected chi connectivity index (χ3v) is 3.92. The summed E-state index contributed by atoms with van der Waals surface area (Å²) in [6, 6.07) is 7.42. The second-order valence-corrected chi connectivity index (χ2v) is 5.54. The number of hydrogen-bond acceptors (Lipinski definition) is 3. The number of primary amides is 1. The quantitative estimate of drug-likeness (QED) is 0.593. The van der Waals surface area contributed by atoms with Crippen LogP contribution in [-0.2, 0) is 4.79 Å². The minimum atomic E-state index is -0.798. The van der Waals surface area contributed by atoms with Gasteiger partial charge in [0.2, 0.25) is 5.91 Å². The van der Waals surface area contributed by atoms with Gasteiger partial charge in [0, 0.05) is 13.2 Å². The molecule has 5 N–H and O–H groups in total. The van der Waals surface area contributed by atoms with E-state index in [9.17, 15) is 9.59 Å². The number of benzene rings is 1. The average molecular weight is 291 g/mol. The Kier molecular flexibility index (Phi) is 4.80. The zero-order chi connectivity index (χ0) is 15.3. The number of carbonyl (C=O) groups is 2. The highest BCUT2D eigenvalue weighted by Gasteiger charge is 2.42. The Morgan fingerprint density at radius 1 is 1.29 bits per heavy atom. The van der Waals surface area contributed by atoms with E-state index >= 15 is 0 Å². The first-order valence-corrected chi connectivity index (χ1v) is 7.06. The van der Waals surface area contributed by atoms with Gasteiger partial charge in [-0.25, -0.2) is 4.79 Å². The molecule has 0 spiro atoms. The third kappa shape index (κ3) is 4.19. The van der Waals surface area contributed by atoms with Crippen molar-refractivity contribution in [1.82, 2.24) is 10.6 Å². The van der Waals surface area contributed by atoms with Crippen molar-refractivity contribution in [2.45, 2.75) is 25.3 Å². The molecule has 0 saturated heterocycles. The van der Waals surface area contributed by atoms with Crippen LogP contribution in [0.1, 0.15) is 30.9 Å². The lowest BCUT2D eigenvalue weighted by molar-refractivity contribution is -0.123. The van der Waals surface area contributed by atoms with E-state index in [-0.39, 0.29) is 17.9 Å². The Labute approximate surface area is 123 Å². The zero-order valence-electron chi connectivity index (χ0n) is 11.8. The molecule has 21 heavy (non-hydrogen) atoms. The molecule has 1 saturated carbocycles. The van der Waals surface area contributed by atoms with Gasteiger partial charge in [-0.1, -0.05) is 30.3 Å². The maximum absolute atomic E-state index is 12.3. The maximum atomic E-state index is 12.3. The van der Waals surface area contributed by atoms with Crippen LogP contribution in [0, 0.1) is 5.41 Å². The molecule has 6 heteroatoms. The minimum absolute atomic E-state index is 0.0262. The molecule has 1 aliphatic rings. The summed E-state index contributed by atoms with van der Waals surface area (Å²) in [5.74, 6) is -0.288. The summed E-state index contributed by atoms with van der Waals surface area (Å²) in [5.41, 5.74) is 5.85. The van der Waals surface area contributed by atoms with E-state index in [0.29, 0.717) is 18.5 Å². The SMILES string of the molecule is NC(=O)NC(C(=O)NCC1(CCO)CC1)c1ccccc1. The molecule has 6 nitrogen and oxygen atoms in total. The van der Waals surface area contributed by atoms with Crippen LogP contribution in [0.4, 0.5) is 4.79 Å². The average Bonchev–Trinajstić information content (AvgIpc) is 3.23. The van der Waals surface area contributed by atoms with Crippen molar-refractivity contribution in [3.8, 4) is 0 Å². The van der Waals surface area contributed by atoms with Gasteiger partial charge in [-0.2, -0.15) is 0 Å². The highest BCUT2D eigenvalue weighted by Crippen LogP contribution is 2.47. The molecule has 0 radical (unpaired) electrons. The first-order valence-electron chi connectivity index (χ1n) is 7.06. The molecule has 1 aliphatic carbocycles. The van der Waals surface area contributed by atoms with Gasteiger partial charge in [0.05, 0.1) is 0 Å².